The van der Waals surface area contributed by atoms with Gasteiger partial charge in [0.1, 0.15) is 31.6 Å². The minimum atomic E-state index is -0.805. The van der Waals surface area contributed by atoms with E-state index in [1.807, 2.05) is 50.2 Å². The summed E-state index contributed by atoms with van der Waals surface area (Å²) in [5.74, 6) is -0.885. The van der Waals surface area contributed by atoms with E-state index in [0.717, 1.165) is 35.1 Å². The maximum atomic E-state index is 14.1. The lowest BCUT2D eigenvalue weighted by Gasteiger charge is -2.39. The Balaban J connectivity index is 1.20. The van der Waals surface area contributed by atoms with Gasteiger partial charge in [0, 0.05) is 45.8 Å². The number of likely N-dealkylation sites (tertiary alicyclic amines) is 1. The lowest BCUT2D eigenvalue weighted by atomic mass is 9.90. The van der Waals surface area contributed by atoms with Crippen LogP contribution in [0.3, 0.4) is 0 Å². The van der Waals surface area contributed by atoms with Gasteiger partial charge in [0.05, 0.1) is 43.2 Å². The first kappa shape index (κ1) is 56.9. The molecular formula is C55H78N6O11. The molecule has 1 aliphatic carbocycles. The second-order valence-corrected chi connectivity index (χ2v) is 20.3. The van der Waals surface area contributed by atoms with Crippen molar-refractivity contribution in [1.82, 2.24) is 25.8 Å². The molecule has 72 heavy (non-hydrogen) atoms. The number of carbonyl (C=O) groups excluding carboxylic acids is 6. The number of likely N-dealkylation sites (N-methyl/N-ethyl adjacent to an activating group) is 1. The summed E-state index contributed by atoms with van der Waals surface area (Å²) >= 11 is 0. The van der Waals surface area contributed by atoms with E-state index < -0.39 is 48.0 Å². The number of hydrogen-bond donors (Lipinski definition) is 4. The van der Waals surface area contributed by atoms with Gasteiger partial charge in [0.25, 0.3) is 0 Å². The second-order valence-electron chi connectivity index (χ2n) is 20.3. The van der Waals surface area contributed by atoms with Crippen LogP contribution in [0.15, 0.2) is 72.8 Å². The Bertz CT molecular complexity index is 2260. The van der Waals surface area contributed by atoms with Gasteiger partial charge in [-0.1, -0.05) is 94.8 Å². The molecule has 1 heterocycles. The van der Waals surface area contributed by atoms with E-state index >= 15 is 0 Å². The maximum absolute atomic E-state index is 14.1. The number of benzene rings is 3. The molecule has 0 bridgehead atoms. The van der Waals surface area contributed by atoms with Crippen molar-refractivity contribution in [2.24, 2.45) is 11.8 Å². The Hall–Kier alpha value is -6.04. The van der Waals surface area contributed by atoms with E-state index in [1.54, 1.807) is 75.9 Å². The van der Waals surface area contributed by atoms with Crippen LogP contribution in [0.25, 0.3) is 11.1 Å². The van der Waals surface area contributed by atoms with Gasteiger partial charge in [-0.05, 0) is 92.3 Å². The predicted molar refractivity (Wildman–Crippen MR) is 275 cm³/mol. The van der Waals surface area contributed by atoms with E-state index in [0.29, 0.717) is 30.6 Å². The molecule has 17 nitrogen and oxygen atoms in total. The van der Waals surface area contributed by atoms with Gasteiger partial charge < -0.3 is 49.4 Å². The van der Waals surface area contributed by atoms with Crippen molar-refractivity contribution < 1.29 is 52.5 Å². The summed E-state index contributed by atoms with van der Waals surface area (Å²) in [5, 5.41) is 10.9. The highest BCUT2D eigenvalue weighted by molar-refractivity contribution is 5.85. The van der Waals surface area contributed by atoms with Crippen LogP contribution in [0.5, 0.6) is 0 Å². The zero-order valence-corrected chi connectivity index (χ0v) is 44.1. The minimum Gasteiger partial charge on any atom is -0.449 e. The van der Waals surface area contributed by atoms with Crippen LogP contribution in [-0.2, 0) is 42.9 Å². The van der Waals surface area contributed by atoms with Crippen LogP contribution in [0.1, 0.15) is 123 Å². The van der Waals surface area contributed by atoms with Gasteiger partial charge in [0.2, 0.25) is 23.6 Å². The fraction of sp³-hybridized carbons (Fsp3) is 0.564. The van der Waals surface area contributed by atoms with Crippen molar-refractivity contribution >= 4 is 41.5 Å². The zero-order chi connectivity index (χ0) is 52.7. The van der Waals surface area contributed by atoms with Crippen molar-refractivity contribution in [3.63, 3.8) is 0 Å². The molecule has 6 unspecified atom stereocenters. The summed E-state index contributed by atoms with van der Waals surface area (Å²) in [7, 11) is 4.89. The number of amides is 6. The highest BCUT2D eigenvalue weighted by atomic mass is 16.6. The van der Waals surface area contributed by atoms with Crippen molar-refractivity contribution in [2.75, 3.05) is 53.0 Å². The van der Waals surface area contributed by atoms with Crippen LogP contribution >= 0.6 is 0 Å². The Morgan fingerprint density at radius 1 is 0.792 bits per heavy atom. The number of fused-ring (bicyclic) bond motifs is 3. The largest absolute Gasteiger partial charge is 0.449 e. The van der Waals surface area contributed by atoms with Gasteiger partial charge >= 0.3 is 12.2 Å². The summed E-state index contributed by atoms with van der Waals surface area (Å²) in [6.07, 6.45) is -0.781. The smallest absolute Gasteiger partial charge is 0.412 e. The van der Waals surface area contributed by atoms with E-state index in [1.165, 1.54) is 7.11 Å². The zero-order valence-electron chi connectivity index (χ0n) is 44.1. The SMILES string of the molecule is CCC(C)C(C(CC(=O)N1CCCC1C(CC(=O)N[C@H](C)C(OCNC(=O)CNC(=O)OCC1c2ccccc2-c2ccccc21)c1ccc(NC(=O)OC(C)(C)C)cc1)OC)OC)N(C)C(=O)CC(C)C. The lowest BCUT2D eigenvalue weighted by Crippen LogP contribution is -2.52. The molecule has 6 amide bonds. The van der Waals surface area contributed by atoms with Crippen molar-refractivity contribution in [3.05, 3.63) is 89.5 Å². The molecule has 2 aliphatic rings. The monoisotopic (exact) mass is 999 g/mol. The molecule has 7 atom stereocenters. The van der Waals surface area contributed by atoms with E-state index in [2.05, 4.69) is 47.2 Å². The van der Waals surface area contributed by atoms with E-state index in [9.17, 15) is 28.8 Å². The fourth-order valence-electron chi connectivity index (χ4n) is 9.75. The topological polar surface area (TPSA) is 203 Å². The first-order valence-electron chi connectivity index (χ1n) is 25.2. The molecule has 1 aliphatic heterocycles. The Kier molecular flexibility index (Phi) is 21.0. The van der Waals surface area contributed by atoms with Gasteiger partial charge in [-0.15, -0.1) is 0 Å². The molecule has 3 aromatic rings. The normalized spacial score (nSPS) is 16.8. The first-order valence-corrected chi connectivity index (χ1v) is 25.2. The van der Waals surface area contributed by atoms with Crippen LogP contribution in [-0.4, -0.2) is 129 Å². The van der Waals surface area contributed by atoms with Gasteiger partial charge in [-0.3, -0.25) is 24.5 Å². The molecule has 1 saturated heterocycles. The van der Waals surface area contributed by atoms with E-state index in [4.69, 9.17) is 23.7 Å². The molecule has 0 aromatic heterocycles. The third-order valence-electron chi connectivity index (χ3n) is 13.4. The number of anilines is 1. The van der Waals surface area contributed by atoms with Crippen LogP contribution in [0, 0.1) is 11.8 Å². The number of nitrogens with zero attached hydrogens (tertiary/aromatic N) is 2. The Morgan fingerprint density at radius 3 is 2.01 bits per heavy atom. The third-order valence-corrected chi connectivity index (χ3v) is 13.4. The molecule has 5 rings (SSSR count). The average Bonchev–Trinajstić information content (AvgIpc) is 3.96. The van der Waals surface area contributed by atoms with Gasteiger partial charge in [-0.25, -0.2) is 9.59 Å². The number of methoxy groups -OCH3 is 2. The fourth-order valence-corrected chi connectivity index (χ4v) is 9.75. The summed E-state index contributed by atoms with van der Waals surface area (Å²) in [4.78, 5) is 83.1. The quantitative estimate of drug-likeness (QED) is 0.0635. The lowest BCUT2D eigenvalue weighted by molar-refractivity contribution is -0.145. The molecule has 394 valence electrons. The molecule has 17 heteroatoms. The average molecular weight is 999 g/mol. The number of nitrogens with one attached hydrogen (secondary N) is 4. The van der Waals surface area contributed by atoms with Gasteiger partial charge in [-0.2, -0.15) is 0 Å². The second kappa shape index (κ2) is 26.6. The summed E-state index contributed by atoms with van der Waals surface area (Å²) < 4.78 is 29.1. The van der Waals surface area contributed by atoms with Crippen LogP contribution in [0.4, 0.5) is 15.3 Å². The highest BCUT2D eigenvalue weighted by Gasteiger charge is 2.40. The molecule has 4 N–H and O–H groups in total. The predicted octanol–water partition coefficient (Wildman–Crippen LogP) is 7.93. The molecule has 0 radical (unpaired) electrons. The van der Waals surface area contributed by atoms with Crippen molar-refractivity contribution in [1.29, 1.82) is 0 Å². The number of carbonyl (C=O) groups is 6. The number of alkyl carbamates (subject to hydrolysis) is 1. The first-order chi connectivity index (χ1) is 34.2. The molecule has 0 spiro atoms. The summed E-state index contributed by atoms with van der Waals surface area (Å²) in [6, 6.07) is 21.5. The maximum Gasteiger partial charge on any atom is 0.412 e. The standard InChI is InChI=1S/C55H78N6O11/c1-12-35(4)51(60(9)49(64)28-34(2)3)46(69-11)30-50(65)61-27-17-22-44(61)45(68-10)29-47(62)58-36(5)52(37-23-25-38(26-24-37)59-54(67)72-55(6,7)8)71-33-57-48(63)31-56-53(66)70-32-43-41-20-15-13-18-39(41)40-19-14-16-21-42(40)43/h13-16,18-21,23-26,34-36,43-46,51-52H,12,17,22,27-33H2,1-11H3,(H,56,66)(H,57,63)(H,58,62)(H,59,67)/t35?,36-,44?,45?,46?,51?,52?/m1/s1. The Morgan fingerprint density at radius 2 is 1.43 bits per heavy atom. The van der Waals surface area contributed by atoms with E-state index in [-0.39, 0.29) is 80.3 Å². The highest BCUT2D eigenvalue weighted by Crippen LogP contribution is 2.44. The molecule has 3 aromatic carbocycles. The van der Waals surface area contributed by atoms with Gasteiger partial charge in [0.15, 0.2) is 0 Å². The Labute approximate surface area is 425 Å². The van der Waals surface area contributed by atoms with Crippen LogP contribution in [0.2, 0.25) is 0 Å². The summed E-state index contributed by atoms with van der Waals surface area (Å²) in [5.41, 5.74) is 4.74. The number of ether oxygens (including phenoxy) is 5. The summed E-state index contributed by atoms with van der Waals surface area (Å²) in [6.45, 7) is 15.1. The molecule has 0 saturated carbocycles. The van der Waals surface area contributed by atoms with Crippen molar-refractivity contribution in [3.8, 4) is 11.1 Å². The van der Waals surface area contributed by atoms with Crippen molar-refractivity contribution in [2.45, 2.75) is 142 Å². The molecule has 1 fully saturated rings. The van der Waals surface area contributed by atoms with Crippen LogP contribution < -0.4 is 21.3 Å². The third kappa shape index (κ3) is 15.7. The minimum absolute atomic E-state index is 0.00812. The number of hydrogen-bond acceptors (Lipinski definition) is 11. The molecular weight excluding hydrogens is 921 g/mol. The number of rotatable bonds is 24.